The molecule has 1 N–H and O–H groups in total. The van der Waals surface area contributed by atoms with E-state index in [0.717, 1.165) is 44.2 Å². The van der Waals surface area contributed by atoms with Crippen molar-refractivity contribution < 1.29 is 14.7 Å². The Bertz CT molecular complexity index is 993. The van der Waals surface area contributed by atoms with Crippen molar-refractivity contribution in [2.24, 2.45) is 33.7 Å². The van der Waals surface area contributed by atoms with Crippen LogP contribution in [0.25, 0.3) is 6.08 Å². The highest BCUT2D eigenvalue weighted by Gasteiger charge is 2.59. The van der Waals surface area contributed by atoms with E-state index < -0.39 is 0 Å². The second kappa shape index (κ2) is 7.90. The highest BCUT2D eigenvalue weighted by molar-refractivity contribution is 6.09. The number of oxime groups is 1. The maximum Gasteiger partial charge on any atom is 0.302 e. The Hall–Kier alpha value is -2.36. The first-order valence-corrected chi connectivity index (χ1v) is 12.2. The van der Waals surface area contributed by atoms with E-state index in [1.165, 1.54) is 30.1 Å². The summed E-state index contributed by atoms with van der Waals surface area (Å²) >= 11 is 0. The number of benzene rings is 1. The van der Waals surface area contributed by atoms with Crippen molar-refractivity contribution in [2.75, 3.05) is 0 Å². The fraction of sp³-hybridized carbons (Fsp3) is 0.571. The molecule has 0 spiro atoms. The van der Waals surface area contributed by atoms with Gasteiger partial charge in [-0.3, -0.25) is 4.79 Å². The fourth-order valence-electron chi connectivity index (χ4n) is 7.71. The van der Waals surface area contributed by atoms with Crippen molar-refractivity contribution >= 4 is 17.8 Å². The number of carbonyl (C=O) groups excluding carboxylic acids is 1. The molecule has 32 heavy (non-hydrogen) atoms. The number of fused-ring (bicyclic) bond motifs is 5. The summed E-state index contributed by atoms with van der Waals surface area (Å²) in [6, 6.07) is 10.4. The molecule has 0 aliphatic heterocycles. The zero-order valence-electron chi connectivity index (χ0n) is 19.5. The van der Waals surface area contributed by atoms with Crippen molar-refractivity contribution in [3.05, 3.63) is 53.1 Å². The summed E-state index contributed by atoms with van der Waals surface area (Å²) < 4.78 is 5.58. The number of ether oxygens (including phenoxy) is 1. The van der Waals surface area contributed by atoms with Gasteiger partial charge in [-0.1, -0.05) is 61.0 Å². The van der Waals surface area contributed by atoms with E-state index in [2.05, 4.69) is 55.4 Å². The van der Waals surface area contributed by atoms with Crippen molar-refractivity contribution in [1.29, 1.82) is 0 Å². The summed E-state index contributed by atoms with van der Waals surface area (Å²) in [4.78, 5) is 11.5. The first-order valence-electron chi connectivity index (χ1n) is 12.2. The number of rotatable bonds is 2. The summed E-state index contributed by atoms with van der Waals surface area (Å²) in [5, 5.41) is 13.9. The van der Waals surface area contributed by atoms with Crippen LogP contribution < -0.4 is 0 Å². The molecule has 0 saturated heterocycles. The highest BCUT2D eigenvalue weighted by atomic mass is 16.5. The molecule has 0 heterocycles. The monoisotopic (exact) mass is 433 g/mol. The molecule has 1 aromatic carbocycles. The Balaban J connectivity index is 1.45. The Labute approximate surface area is 191 Å². The van der Waals surface area contributed by atoms with Crippen molar-refractivity contribution in [3.63, 3.8) is 0 Å². The van der Waals surface area contributed by atoms with Crippen LogP contribution in [0.3, 0.4) is 0 Å². The molecule has 4 aliphatic carbocycles. The van der Waals surface area contributed by atoms with Gasteiger partial charge in [0.25, 0.3) is 0 Å². The molecule has 4 aliphatic rings. The third-order valence-corrected chi connectivity index (χ3v) is 9.31. The van der Waals surface area contributed by atoms with E-state index in [1.807, 2.05) is 6.07 Å². The van der Waals surface area contributed by atoms with Crippen LogP contribution in [-0.4, -0.2) is 23.0 Å². The van der Waals surface area contributed by atoms with Crippen LogP contribution in [0, 0.1) is 28.6 Å². The second-order valence-electron chi connectivity index (χ2n) is 10.9. The van der Waals surface area contributed by atoms with E-state index in [4.69, 9.17) is 4.74 Å². The summed E-state index contributed by atoms with van der Waals surface area (Å²) in [6.07, 6.45) is 12.0. The number of carbonyl (C=O) groups is 1. The topological polar surface area (TPSA) is 58.9 Å². The second-order valence-corrected chi connectivity index (χ2v) is 10.9. The van der Waals surface area contributed by atoms with E-state index in [1.54, 1.807) is 0 Å². The minimum absolute atomic E-state index is 0.0391. The molecule has 6 atom stereocenters. The first-order chi connectivity index (χ1) is 15.3. The predicted octanol–water partition coefficient (Wildman–Crippen LogP) is 6.40. The quantitative estimate of drug-likeness (QED) is 0.254. The standard InChI is InChI=1S/C28H35NO3/c1-18(30)32-22-11-13-27(2)21(17-22)9-10-23-24(27)12-14-28(3)25(23)16-20(26(28)29-31)15-19-7-5-4-6-8-19/h4-9,15,22-25,31H,10-14,16-17H2,1-3H3/b20-15+,29-26+/t22-,23?,24?,25?,27-,28-/m0/s1. The lowest BCUT2D eigenvalue weighted by molar-refractivity contribution is -0.148. The Morgan fingerprint density at radius 1 is 1.09 bits per heavy atom. The predicted molar refractivity (Wildman–Crippen MR) is 126 cm³/mol. The zero-order valence-corrected chi connectivity index (χ0v) is 19.5. The largest absolute Gasteiger partial charge is 0.462 e. The average molecular weight is 434 g/mol. The average Bonchev–Trinajstić information content (AvgIpc) is 3.05. The lowest BCUT2D eigenvalue weighted by atomic mass is 9.48. The van der Waals surface area contributed by atoms with E-state index >= 15 is 0 Å². The van der Waals surface area contributed by atoms with Crippen molar-refractivity contribution in [1.82, 2.24) is 0 Å². The molecule has 5 rings (SSSR count). The van der Waals surface area contributed by atoms with Crippen LogP contribution in [0.2, 0.25) is 0 Å². The fourth-order valence-corrected chi connectivity index (χ4v) is 7.71. The Kier molecular flexibility index (Phi) is 5.30. The van der Waals surface area contributed by atoms with E-state index in [0.29, 0.717) is 17.8 Å². The minimum atomic E-state index is -0.166. The van der Waals surface area contributed by atoms with Gasteiger partial charge in [0.1, 0.15) is 6.10 Å². The molecule has 0 amide bonds. The maximum absolute atomic E-state index is 11.5. The molecule has 0 bridgehead atoms. The SMILES string of the molecule is CC(=O)O[C@H]1CC[C@@]2(C)C(=CCC3C2CC[C@]2(C)C(=N/O)/C(=C/c4ccccc4)CC32)C1. The molecule has 170 valence electrons. The van der Waals surface area contributed by atoms with Crippen LogP contribution >= 0.6 is 0 Å². The van der Waals surface area contributed by atoms with Crippen LogP contribution in [0.15, 0.2) is 52.7 Å². The van der Waals surface area contributed by atoms with Gasteiger partial charge in [0, 0.05) is 18.8 Å². The minimum Gasteiger partial charge on any atom is -0.462 e. The van der Waals surface area contributed by atoms with Crippen LogP contribution in [0.5, 0.6) is 0 Å². The lowest BCUT2D eigenvalue weighted by Crippen LogP contribution is -2.50. The molecule has 4 heteroatoms. The van der Waals surface area contributed by atoms with Gasteiger partial charge in [-0.15, -0.1) is 0 Å². The van der Waals surface area contributed by atoms with Crippen LogP contribution in [0.4, 0.5) is 0 Å². The molecular weight excluding hydrogens is 398 g/mol. The molecule has 0 radical (unpaired) electrons. The maximum atomic E-state index is 11.5. The summed E-state index contributed by atoms with van der Waals surface area (Å²) in [5.74, 6) is 1.59. The van der Waals surface area contributed by atoms with E-state index in [9.17, 15) is 10.0 Å². The Morgan fingerprint density at radius 3 is 2.56 bits per heavy atom. The van der Waals surface area contributed by atoms with Gasteiger partial charge < -0.3 is 9.94 Å². The third kappa shape index (κ3) is 3.34. The van der Waals surface area contributed by atoms with Gasteiger partial charge in [0.15, 0.2) is 0 Å². The first kappa shape index (κ1) is 21.5. The normalized spacial score (nSPS) is 40.9. The van der Waals surface area contributed by atoms with Gasteiger partial charge in [-0.25, -0.2) is 0 Å². The van der Waals surface area contributed by atoms with Crippen LogP contribution in [0.1, 0.15) is 71.3 Å². The molecule has 3 saturated carbocycles. The van der Waals surface area contributed by atoms with Gasteiger partial charge >= 0.3 is 5.97 Å². The number of hydrogen-bond donors (Lipinski definition) is 1. The zero-order chi connectivity index (χ0) is 22.5. The smallest absolute Gasteiger partial charge is 0.302 e. The van der Waals surface area contributed by atoms with Gasteiger partial charge in [-0.2, -0.15) is 0 Å². The highest BCUT2D eigenvalue weighted by Crippen LogP contribution is 2.65. The van der Waals surface area contributed by atoms with Crippen molar-refractivity contribution in [2.45, 2.75) is 71.8 Å². The molecule has 1 aromatic rings. The molecule has 3 unspecified atom stereocenters. The lowest BCUT2D eigenvalue weighted by Gasteiger charge is -2.57. The summed E-state index contributed by atoms with van der Waals surface area (Å²) in [5.41, 5.74) is 4.92. The van der Waals surface area contributed by atoms with Gasteiger partial charge in [-0.05, 0) is 78.9 Å². The van der Waals surface area contributed by atoms with Crippen molar-refractivity contribution in [3.8, 4) is 0 Å². The number of nitrogens with zero attached hydrogens (tertiary/aromatic N) is 1. The molecular formula is C28H35NO3. The summed E-state index contributed by atoms with van der Waals surface area (Å²) in [6.45, 7) is 6.30. The van der Waals surface area contributed by atoms with Gasteiger partial charge in [0.05, 0.1) is 5.71 Å². The summed E-state index contributed by atoms with van der Waals surface area (Å²) in [7, 11) is 0. The number of esters is 1. The molecule has 4 nitrogen and oxygen atoms in total. The molecule has 0 aromatic heterocycles. The van der Waals surface area contributed by atoms with E-state index in [-0.39, 0.29) is 22.9 Å². The molecule has 3 fully saturated rings. The van der Waals surface area contributed by atoms with Gasteiger partial charge in [0.2, 0.25) is 0 Å². The third-order valence-electron chi connectivity index (χ3n) is 9.31. The number of allylic oxidation sites excluding steroid dienone is 2. The van der Waals surface area contributed by atoms with Crippen LogP contribution in [-0.2, 0) is 9.53 Å². The number of hydrogen-bond acceptors (Lipinski definition) is 4. The Morgan fingerprint density at radius 2 is 1.84 bits per heavy atom.